The zero-order chi connectivity index (χ0) is 18.8. The molecule has 27 heavy (non-hydrogen) atoms. The third kappa shape index (κ3) is 4.28. The van der Waals surface area contributed by atoms with Gasteiger partial charge in [0.1, 0.15) is 0 Å². The van der Waals surface area contributed by atoms with E-state index in [4.69, 9.17) is 5.73 Å². The Morgan fingerprint density at radius 1 is 1.04 bits per heavy atom. The third-order valence-electron chi connectivity index (χ3n) is 6.71. The molecule has 0 bridgehead atoms. The quantitative estimate of drug-likeness (QED) is 0.838. The Morgan fingerprint density at radius 3 is 2.41 bits per heavy atom. The second-order valence-corrected chi connectivity index (χ2v) is 8.71. The predicted octanol–water partition coefficient (Wildman–Crippen LogP) is 2.58. The number of primary amides is 1. The molecule has 1 aromatic rings. The fourth-order valence-electron chi connectivity index (χ4n) is 5.17. The number of fused-ring (bicyclic) bond motifs is 1. The summed E-state index contributed by atoms with van der Waals surface area (Å²) in [4.78, 5) is 28.2. The Balaban J connectivity index is 1.31. The van der Waals surface area contributed by atoms with Crippen LogP contribution in [0.2, 0.25) is 0 Å². The van der Waals surface area contributed by atoms with Crippen molar-refractivity contribution in [3.8, 4) is 0 Å². The van der Waals surface area contributed by atoms with Crippen molar-refractivity contribution in [2.75, 3.05) is 31.1 Å². The molecule has 1 saturated carbocycles. The highest BCUT2D eigenvalue weighted by atomic mass is 16.2. The first kappa shape index (κ1) is 18.3. The van der Waals surface area contributed by atoms with Gasteiger partial charge >= 0.3 is 0 Å². The van der Waals surface area contributed by atoms with Crippen LogP contribution in [0.4, 0.5) is 5.69 Å². The number of likely N-dealkylation sites (tertiary alicyclic amines) is 1. The van der Waals surface area contributed by atoms with Crippen LogP contribution in [-0.4, -0.2) is 42.9 Å². The molecular weight excluding hydrogens is 338 g/mol. The van der Waals surface area contributed by atoms with Crippen molar-refractivity contribution in [1.29, 1.82) is 0 Å². The molecule has 2 amide bonds. The van der Waals surface area contributed by atoms with Gasteiger partial charge in [0, 0.05) is 56.5 Å². The van der Waals surface area contributed by atoms with Crippen molar-refractivity contribution in [3.05, 3.63) is 29.8 Å². The fourth-order valence-corrected chi connectivity index (χ4v) is 5.17. The van der Waals surface area contributed by atoms with E-state index in [-0.39, 0.29) is 5.91 Å². The van der Waals surface area contributed by atoms with E-state index < -0.39 is 0 Å². The van der Waals surface area contributed by atoms with Gasteiger partial charge in [0.25, 0.3) is 0 Å². The van der Waals surface area contributed by atoms with E-state index in [2.05, 4.69) is 34.1 Å². The van der Waals surface area contributed by atoms with Gasteiger partial charge in [-0.2, -0.15) is 0 Å². The van der Waals surface area contributed by atoms with Crippen LogP contribution in [0, 0.1) is 17.8 Å². The van der Waals surface area contributed by atoms with Gasteiger partial charge in [-0.3, -0.25) is 9.59 Å². The van der Waals surface area contributed by atoms with Crippen LogP contribution in [0.5, 0.6) is 0 Å². The monoisotopic (exact) mass is 369 g/mol. The van der Waals surface area contributed by atoms with E-state index in [9.17, 15) is 9.59 Å². The Labute approximate surface area is 161 Å². The van der Waals surface area contributed by atoms with Crippen molar-refractivity contribution < 1.29 is 9.59 Å². The van der Waals surface area contributed by atoms with Gasteiger partial charge in [0.05, 0.1) is 0 Å². The number of hydrogen-bond acceptors (Lipinski definition) is 3. The number of hydrogen-bond donors (Lipinski definition) is 1. The summed E-state index contributed by atoms with van der Waals surface area (Å²) >= 11 is 0. The standard InChI is InChI=1S/C22H31N3O2/c23-21(26)9-8-17-6-3-7-20(10-17)24-12-18-14-25(15-19(18)13-24)22(27)11-16-4-1-2-5-16/h3,6-7,10,16,18-19H,1-2,4-5,8-9,11-15H2,(H2,23,26). The molecule has 3 aliphatic rings. The maximum atomic E-state index is 12.6. The summed E-state index contributed by atoms with van der Waals surface area (Å²) in [6.07, 6.45) is 6.96. The molecule has 0 aromatic heterocycles. The van der Waals surface area contributed by atoms with E-state index in [0.29, 0.717) is 36.5 Å². The average Bonchev–Trinajstić information content (AvgIpc) is 3.36. The summed E-state index contributed by atoms with van der Waals surface area (Å²) in [5.41, 5.74) is 7.66. The lowest BCUT2D eigenvalue weighted by atomic mass is 10.0. The number of carbonyl (C=O) groups is 2. The first-order valence-electron chi connectivity index (χ1n) is 10.5. The molecule has 2 aliphatic heterocycles. The molecule has 4 rings (SSSR count). The molecule has 3 fully saturated rings. The van der Waals surface area contributed by atoms with Crippen molar-refractivity contribution >= 4 is 17.5 Å². The topological polar surface area (TPSA) is 66.6 Å². The number of nitrogens with zero attached hydrogens (tertiary/aromatic N) is 2. The lowest BCUT2D eigenvalue weighted by Crippen LogP contribution is -2.34. The number of amides is 2. The molecule has 2 heterocycles. The van der Waals surface area contributed by atoms with Gasteiger partial charge < -0.3 is 15.5 Å². The number of benzene rings is 1. The molecule has 2 saturated heterocycles. The normalized spacial score (nSPS) is 25.2. The van der Waals surface area contributed by atoms with Crippen LogP contribution in [0.3, 0.4) is 0 Å². The van der Waals surface area contributed by atoms with Crippen LogP contribution in [0.1, 0.15) is 44.1 Å². The zero-order valence-electron chi connectivity index (χ0n) is 16.1. The highest BCUT2D eigenvalue weighted by Crippen LogP contribution is 2.35. The largest absolute Gasteiger partial charge is 0.371 e. The molecule has 146 valence electrons. The zero-order valence-corrected chi connectivity index (χ0v) is 16.1. The van der Waals surface area contributed by atoms with E-state index in [0.717, 1.165) is 38.2 Å². The molecular formula is C22H31N3O2. The number of nitrogens with two attached hydrogens (primary N) is 1. The minimum atomic E-state index is -0.251. The maximum absolute atomic E-state index is 12.6. The van der Waals surface area contributed by atoms with Gasteiger partial charge in [0.2, 0.25) is 11.8 Å². The molecule has 2 atom stereocenters. The van der Waals surface area contributed by atoms with E-state index in [1.165, 1.54) is 31.4 Å². The lowest BCUT2D eigenvalue weighted by molar-refractivity contribution is -0.131. The lowest BCUT2D eigenvalue weighted by Gasteiger charge is -2.24. The number of aryl methyl sites for hydroxylation is 1. The summed E-state index contributed by atoms with van der Waals surface area (Å²) in [6, 6.07) is 8.47. The Bertz CT molecular complexity index is 685. The van der Waals surface area contributed by atoms with Crippen molar-refractivity contribution in [2.45, 2.75) is 44.9 Å². The first-order chi connectivity index (χ1) is 13.1. The van der Waals surface area contributed by atoms with Crippen LogP contribution in [0.25, 0.3) is 0 Å². The smallest absolute Gasteiger partial charge is 0.222 e. The Hall–Kier alpha value is -2.04. The molecule has 2 N–H and O–H groups in total. The third-order valence-corrected chi connectivity index (χ3v) is 6.71. The summed E-state index contributed by atoms with van der Waals surface area (Å²) < 4.78 is 0. The van der Waals surface area contributed by atoms with Gasteiger partial charge in [-0.1, -0.05) is 25.0 Å². The summed E-state index contributed by atoms with van der Waals surface area (Å²) in [6.45, 7) is 3.90. The minimum Gasteiger partial charge on any atom is -0.371 e. The van der Waals surface area contributed by atoms with Crippen molar-refractivity contribution in [1.82, 2.24) is 4.90 Å². The summed E-state index contributed by atoms with van der Waals surface area (Å²) in [7, 11) is 0. The Morgan fingerprint density at radius 2 is 1.74 bits per heavy atom. The molecule has 0 spiro atoms. The Kier molecular flexibility index (Phi) is 5.37. The molecule has 1 aliphatic carbocycles. The highest BCUT2D eigenvalue weighted by molar-refractivity contribution is 5.77. The van der Waals surface area contributed by atoms with Gasteiger partial charge in [-0.05, 0) is 42.9 Å². The maximum Gasteiger partial charge on any atom is 0.222 e. The fraction of sp³-hybridized carbons (Fsp3) is 0.636. The van der Waals surface area contributed by atoms with Crippen LogP contribution in [0.15, 0.2) is 24.3 Å². The SMILES string of the molecule is NC(=O)CCc1cccc(N2CC3CN(C(=O)CC4CCCC4)CC3C2)c1. The predicted molar refractivity (Wildman–Crippen MR) is 106 cm³/mol. The molecule has 0 radical (unpaired) electrons. The average molecular weight is 370 g/mol. The van der Waals surface area contributed by atoms with Crippen molar-refractivity contribution in [3.63, 3.8) is 0 Å². The highest BCUT2D eigenvalue weighted by Gasteiger charge is 2.41. The van der Waals surface area contributed by atoms with Gasteiger partial charge in [-0.25, -0.2) is 0 Å². The van der Waals surface area contributed by atoms with E-state index >= 15 is 0 Å². The van der Waals surface area contributed by atoms with Crippen molar-refractivity contribution in [2.24, 2.45) is 23.5 Å². The van der Waals surface area contributed by atoms with Crippen LogP contribution >= 0.6 is 0 Å². The summed E-state index contributed by atoms with van der Waals surface area (Å²) in [5.74, 6) is 1.95. The molecule has 2 unspecified atom stereocenters. The first-order valence-corrected chi connectivity index (χ1v) is 10.5. The second-order valence-electron chi connectivity index (χ2n) is 8.71. The van der Waals surface area contributed by atoms with E-state index in [1.807, 2.05) is 0 Å². The minimum absolute atomic E-state index is 0.251. The van der Waals surface area contributed by atoms with Gasteiger partial charge in [0.15, 0.2) is 0 Å². The number of anilines is 1. The number of carbonyl (C=O) groups excluding carboxylic acids is 2. The molecule has 1 aromatic carbocycles. The van der Waals surface area contributed by atoms with Crippen LogP contribution < -0.4 is 10.6 Å². The van der Waals surface area contributed by atoms with Crippen LogP contribution in [-0.2, 0) is 16.0 Å². The molecule has 5 heteroatoms. The number of rotatable bonds is 6. The second kappa shape index (κ2) is 7.91. The summed E-state index contributed by atoms with van der Waals surface area (Å²) in [5, 5.41) is 0. The molecule has 5 nitrogen and oxygen atoms in total. The van der Waals surface area contributed by atoms with E-state index in [1.54, 1.807) is 0 Å². The van der Waals surface area contributed by atoms with Gasteiger partial charge in [-0.15, -0.1) is 0 Å².